The summed E-state index contributed by atoms with van der Waals surface area (Å²) >= 11 is 0. The number of esters is 1. The molecule has 2 heterocycles. The number of carbonyl (C=O) groups is 1. The third kappa shape index (κ3) is 3.16. The number of hydrogen-bond donors (Lipinski definition) is 0. The fraction of sp³-hybridized carbons (Fsp3) is 0.267. The summed E-state index contributed by atoms with van der Waals surface area (Å²) in [4.78, 5) is 20.3. The van der Waals surface area contributed by atoms with Crippen LogP contribution in [0, 0.1) is 0 Å². The zero-order valence-corrected chi connectivity index (χ0v) is 11.0. The number of aromatic nitrogens is 2. The Hall–Kier alpha value is -2.23. The van der Waals surface area contributed by atoms with Crippen molar-refractivity contribution in [3.8, 4) is 0 Å². The monoisotopic (exact) mass is 256 g/mol. The number of pyridine rings is 2. The van der Waals surface area contributed by atoms with Crippen molar-refractivity contribution in [2.24, 2.45) is 0 Å². The van der Waals surface area contributed by atoms with Crippen LogP contribution in [0.1, 0.15) is 41.6 Å². The molecular weight excluding hydrogens is 240 g/mol. The Morgan fingerprint density at radius 3 is 2.84 bits per heavy atom. The Labute approximate surface area is 112 Å². The van der Waals surface area contributed by atoms with E-state index in [1.165, 1.54) is 0 Å². The van der Waals surface area contributed by atoms with Crippen LogP contribution in [0.5, 0.6) is 0 Å². The van der Waals surface area contributed by atoms with Gasteiger partial charge in [0.1, 0.15) is 6.10 Å². The Morgan fingerprint density at radius 2 is 2.16 bits per heavy atom. The summed E-state index contributed by atoms with van der Waals surface area (Å²) in [6, 6.07) is 7.23. The van der Waals surface area contributed by atoms with E-state index in [0.717, 1.165) is 17.7 Å². The van der Waals surface area contributed by atoms with Gasteiger partial charge in [-0.25, -0.2) is 4.79 Å². The number of carbonyl (C=O) groups excluding carboxylic acids is 1. The van der Waals surface area contributed by atoms with Crippen LogP contribution < -0.4 is 0 Å². The average molecular weight is 256 g/mol. The largest absolute Gasteiger partial charge is 0.453 e. The second-order valence-electron chi connectivity index (χ2n) is 4.19. The number of hydrogen-bond acceptors (Lipinski definition) is 4. The van der Waals surface area contributed by atoms with Gasteiger partial charge in [-0.3, -0.25) is 9.97 Å². The van der Waals surface area contributed by atoms with Crippen LogP contribution in [-0.2, 0) is 11.2 Å². The molecule has 2 aromatic rings. The maximum Gasteiger partial charge on any atom is 0.339 e. The fourth-order valence-corrected chi connectivity index (χ4v) is 1.81. The highest BCUT2D eigenvalue weighted by atomic mass is 16.5. The second kappa shape index (κ2) is 6.09. The Bertz CT molecular complexity index is 555. The lowest BCUT2D eigenvalue weighted by Gasteiger charge is -2.13. The van der Waals surface area contributed by atoms with Crippen molar-refractivity contribution in [3.05, 3.63) is 59.7 Å². The number of aryl methyl sites for hydroxylation is 1. The predicted octanol–water partition coefficient (Wildman–Crippen LogP) is 2.96. The first-order valence-corrected chi connectivity index (χ1v) is 6.27. The van der Waals surface area contributed by atoms with E-state index in [4.69, 9.17) is 4.74 Å². The SMILES string of the molecule is CCc1cnccc1C(=O)O[C@H](C)c1ccccn1. The van der Waals surface area contributed by atoms with Crippen molar-refractivity contribution in [2.75, 3.05) is 0 Å². The fourth-order valence-electron chi connectivity index (χ4n) is 1.81. The summed E-state index contributed by atoms with van der Waals surface area (Å²) in [6.45, 7) is 3.79. The van der Waals surface area contributed by atoms with E-state index in [9.17, 15) is 4.79 Å². The first kappa shape index (κ1) is 13.2. The highest BCUT2D eigenvalue weighted by Crippen LogP contribution is 2.17. The van der Waals surface area contributed by atoms with E-state index < -0.39 is 0 Å². The van der Waals surface area contributed by atoms with Crippen molar-refractivity contribution in [3.63, 3.8) is 0 Å². The number of rotatable bonds is 4. The third-order valence-electron chi connectivity index (χ3n) is 2.89. The molecule has 1 atom stereocenters. The molecular formula is C15H16N2O2. The zero-order valence-electron chi connectivity index (χ0n) is 11.0. The van der Waals surface area contributed by atoms with Crippen molar-refractivity contribution in [1.82, 2.24) is 9.97 Å². The Morgan fingerprint density at radius 1 is 1.32 bits per heavy atom. The lowest BCUT2D eigenvalue weighted by Crippen LogP contribution is -2.12. The van der Waals surface area contributed by atoms with E-state index in [-0.39, 0.29) is 12.1 Å². The molecule has 0 N–H and O–H groups in total. The lowest BCUT2D eigenvalue weighted by molar-refractivity contribution is 0.0328. The summed E-state index contributed by atoms with van der Waals surface area (Å²) in [5, 5.41) is 0. The van der Waals surface area contributed by atoms with Crippen molar-refractivity contribution < 1.29 is 9.53 Å². The smallest absolute Gasteiger partial charge is 0.339 e. The van der Waals surface area contributed by atoms with Gasteiger partial charge in [0.2, 0.25) is 0 Å². The first-order valence-electron chi connectivity index (χ1n) is 6.27. The quantitative estimate of drug-likeness (QED) is 0.789. The molecule has 19 heavy (non-hydrogen) atoms. The average Bonchev–Trinajstić information content (AvgIpc) is 2.48. The van der Waals surface area contributed by atoms with Gasteiger partial charge in [0.25, 0.3) is 0 Å². The number of nitrogens with zero attached hydrogens (tertiary/aromatic N) is 2. The summed E-state index contributed by atoms with van der Waals surface area (Å²) in [5.74, 6) is -0.336. The normalized spacial score (nSPS) is 11.9. The number of ether oxygens (including phenoxy) is 1. The molecule has 0 radical (unpaired) electrons. The van der Waals surface area contributed by atoms with Gasteiger partial charge in [0, 0.05) is 18.6 Å². The van der Waals surface area contributed by atoms with Crippen LogP contribution >= 0.6 is 0 Å². The van der Waals surface area contributed by atoms with Gasteiger partial charge in [-0.1, -0.05) is 13.0 Å². The van der Waals surface area contributed by atoms with Gasteiger partial charge in [-0.15, -0.1) is 0 Å². The highest BCUT2D eigenvalue weighted by Gasteiger charge is 2.16. The molecule has 0 saturated heterocycles. The van der Waals surface area contributed by atoms with Crippen LogP contribution in [0.2, 0.25) is 0 Å². The summed E-state index contributed by atoms with van der Waals surface area (Å²) in [6.07, 6.45) is 5.36. The molecule has 4 nitrogen and oxygen atoms in total. The summed E-state index contributed by atoms with van der Waals surface area (Å²) in [7, 11) is 0. The van der Waals surface area contributed by atoms with Gasteiger partial charge < -0.3 is 4.74 Å². The molecule has 4 heteroatoms. The molecule has 2 aromatic heterocycles. The van der Waals surface area contributed by atoms with Gasteiger partial charge in [-0.05, 0) is 37.1 Å². The molecule has 0 aromatic carbocycles. The molecule has 0 spiro atoms. The van der Waals surface area contributed by atoms with E-state index in [1.54, 1.807) is 24.7 Å². The Kier molecular flexibility index (Phi) is 4.23. The minimum absolute atomic E-state index is 0.336. The van der Waals surface area contributed by atoms with Crippen molar-refractivity contribution in [1.29, 1.82) is 0 Å². The Balaban J connectivity index is 2.13. The molecule has 0 saturated carbocycles. The van der Waals surface area contributed by atoms with Gasteiger partial charge in [0.05, 0.1) is 11.3 Å². The minimum Gasteiger partial charge on any atom is -0.453 e. The standard InChI is InChI=1S/C15H16N2O2/c1-3-12-10-16-9-7-13(12)15(18)19-11(2)14-6-4-5-8-17-14/h4-11H,3H2,1-2H3/t11-/m1/s1. The molecule has 0 aliphatic rings. The molecule has 2 rings (SSSR count). The topological polar surface area (TPSA) is 52.1 Å². The molecule has 0 aliphatic carbocycles. The van der Waals surface area contributed by atoms with E-state index >= 15 is 0 Å². The first-order chi connectivity index (χ1) is 9.22. The highest BCUT2D eigenvalue weighted by molar-refractivity contribution is 5.91. The van der Waals surface area contributed by atoms with Crippen LogP contribution in [-0.4, -0.2) is 15.9 Å². The zero-order chi connectivity index (χ0) is 13.7. The summed E-state index contributed by atoms with van der Waals surface area (Å²) < 4.78 is 5.44. The predicted molar refractivity (Wildman–Crippen MR) is 71.7 cm³/mol. The molecule has 0 unspecified atom stereocenters. The molecule has 98 valence electrons. The maximum absolute atomic E-state index is 12.1. The van der Waals surface area contributed by atoms with Gasteiger partial charge in [-0.2, -0.15) is 0 Å². The third-order valence-corrected chi connectivity index (χ3v) is 2.89. The van der Waals surface area contributed by atoms with E-state index in [0.29, 0.717) is 5.56 Å². The van der Waals surface area contributed by atoms with Crippen molar-refractivity contribution >= 4 is 5.97 Å². The van der Waals surface area contributed by atoms with Gasteiger partial charge in [0.15, 0.2) is 0 Å². The van der Waals surface area contributed by atoms with Crippen LogP contribution in [0.25, 0.3) is 0 Å². The lowest BCUT2D eigenvalue weighted by atomic mass is 10.1. The van der Waals surface area contributed by atoms with Crippen LogP contribution in [0.4, 0.5) is 0 Å². The van der Waals surface area contributed by atoms with Crippen LogP contribution in [0.3, 0.4) is 0 Å². The molecule has 0 amide bonds. The maximum atomic E-state index is 12.1. The van der Waals surface area contributed by atoms with Gasteiger partial charge >= 0.3 is 5.97 Å². The van der Waals surface area contributed by atoms with Crippen LogP contribution in [0.15, 0.2) is 42.9 Å². The summed E-state index contributed by atoms with van der Waals surface area (Å²) in [5.41, 5.74) is 2.20. The molecule has 0 fully saturated rings. The molecule has 0 bridgehead atoms. The van der Waals surface area contributed by atoms with E-state index in [1.807, 2.05) is 32.0 Å². The van der Waals surface area contributed by atoms with Crippen molar-refractivity contribution in [2.45, 2.75) is 26.4 Å². The minimum atomic E-state index is -0.369. The second-order valence-corrected chi connectivity index (χ2v) is 4.19. The molecule has 0 aliphatic heterocycles. The van der Waals surface area contributed by atoms with E-state index in [2.05, 4.69) is 9.97 Å².